The SMILES string of the molecule is CCCN=C(NN)NCCCC1CCCC1. The molecule has 1 fully saturated rings. The number of nitrogens with one attached hydrogen (secondary N) is 2. The van der Waals surface area contributed by atoms with E-state index >= 15 is 0 Å². The number of rotatable bonds is 6. The molecule has 1 aliphatic rings. The average Bonchev–Trinajstić information content (AvgIpc) is 2.81. The Kier molecular flexibility index (Phi) is 6.97. The molecule has 1 aliphatic carbocycles. The van der Waals surface area contributed by atoms with E-state index in [1.807, 2.05) is 0 Å². The number of aliphatic imine (C=N–C) groups is 1. The molecule has 0 atom stereocenters. The van der Waals surface area contributed by atoms with Crippen LogP contribution in [0.2, 0.25) is 0 Å². The minimum absolute atomic E-state index is 0.730. The fourth-order valence-corrected chi connectivity index (χ4v) is 2.27. The number of hydrazine groups is 1. The maximum absolute atomic E-state index is 5.37. The average molecular weight is 226 g/mol. The molecule has 4 nitrogen and oxygen atoms in total. The van der Waals surface area contributed by atoms with Crippen molar-refractivity contribution in [2.75, 3.05) is 13.1 Å². The molecule has 0 aliphatic heterocycles. The van der Waals surface area contributed by atoms with E-state index in [4.69, 9.17) is 5.84 Å². The van der Waals surface area contributed by atoms with Gasteiger partial charge in [-0.05, 0) is 25.2 Å². The van der Waals surface area contributed by atoms with Crippen molar-refractivity contribution in [1.82, 2.24) is 10.7 Å². The molecule has 0 radical (unpaired) electrons. The fourth-order valence-electron chi connectivity index (χ4n) is 2.27. The molecular formula is C12H26N4. The second-order valence-corrected chi connectivity index (χ2v) is 4.59. The van der Waals surface area contributed by atoms with Gasteiger partial charge in [-0.25, -0.2) is 5.84 Å². The van der Waals surface area contributed by atoms with Crippen molar-refractivity contribution in [3.8, 4) is 0 Å². The van der Waals surface area contributed by atoms with Crippen LogP contribution in [0.3, 0.4) is 0 Å². The molecule has 0 amide bonds. The predicted molar refractivity (Wildman–Crippen MR) is 69.1 cm³/mol. The first-order valence-electron chi connectivity index (χ1n) is 6.61. The largest absolute Gasteiger partial charge is 0.355 e. The van der Waals surface area contributed by atoms with Gasteiger partial charge in [0, 0.05) is 13.1 Å². The third-order valence-corrected chi connectivity index (χ3v) is 3.19. The van der Waals surface area contributed by atoms with Crippen LogP contribution in [0.15, 0.2) is 4.99 Å². The van der Waals surface area contributed by atoms with Gasteiger partial charge >= 0.3 is 0 Å². The molecule has 1 saturated carbocycles. The molecule has 0 aromatic heterocycles. The van der Waals surface area contributed by atoms with Crippen molar-refractivity contribution >= 4 is 5.96 Å². The summed E-state index contributed by atoms with van der Waals surface area (Å²) in [4.78, 5) is 4.30. The van der Waals surface area contributed by atoms with Crippen molar-refractivity contribution < 1.29 is 0 Å². The molecule has 4 N–H and O–H groups in total. The van der Waals surface area contributed by atoms with Crippen LogP contribution in [0.5, 0.6) is 0 Å². The normalized spacial score (nSPS) is 17.8. The van der Waals surface area contributed by atoms with Crippen LogP contribution in [-0.2, 0) is 0 Å². The van der Waals surface area contributed by atoms with Gasteiger partial charge in [-0.2, -0.15) is 0 Å². The topological polar surface area (TPSA) is 62.4 Å². The molecule has 0 heterocycles. The monoisotopic (exact) mass is 226 g/mol. The Morgan fingerprint density at radius 2 is 2.12 bits per heavy atom. The van der Waals surface area contributed by atoms with E-state index in [1.54, 1.807) is 0 Å². The zero-order valence-electron chi connectivity index (χ0n) is 10.5. The summed E-state index contributed by atoms with van der Waals surface area (Å²) in [5.41, 5.74) is 2.60. The highest BCUT2D eigenvalue weighted by atomic mass is 15.3. The number of hydrogen-bond donors (Lipinski definition) is 3. The van der Waals surface area contributed by atoms with Crippen LogP contribution in [0.25, 0.3) is 0 Å². The van der Waals surface area contributed by atoms with Crippen LogP contribution in [0, 0.1) is 5.92 Å². The molecule has 0 spiro atoms. The lowest BCUT2D eigenvalue weighted by Gasteiger charge is -2.11. The molecule has 94 valence electrons. The highest BCUT2D eigenvalue weighted by Gasteiger charge is 2.13. The Hall–Kier alpha value is -0.770. The molecule has 0 bridgehead atoms. The summed E-state index contributed by atoms with van der Waals surface area (Å²) in [6.07, 6.45) is 9.36. The summed E-state index contributed by atoms with van der Waals surface area (Å²) in [6.45, 7) is 3.91. The third-order valence-electron chi connectivity index (χ3n) is 3.19. The summed E-state index contributed by atoms with van der Waals surface area (Å²) < 4.78 is 0. The summed E-state index contributed by atoms with van der Waals surface area (Å²) in [6, 6.07) is 0. The molecular weight excluding hydrogens is 200 g/mol. The zero-order valence-corrected chi connectivity index (χ0v) is 10.5. The van der Waals surface area contributed by atoms with Crippen LogP contribution in [0.4, 0.5) is 0 Å². The zero-order chi connectivity index (χ0) is 11.6. The standard InChI is InChI=1S/C12H26N4/c1-2-9-14-12(16-13)15-10-5-8-11-6-3-4-7-11/h11H,2-10,13H2,1H3,(H2,14,15,16). The summed E-state index contributed by atoms with van der Waals surface area (Å²) >= 11 is 0. The van der Waals surface area contributed by atoms with E-state index < -0.39 is 0 Å². The quantitative estimate of drug-likeness (QED) is 0.213. The lowest BCUT2D eigenvalue weighted by molar-refractivity contribution is 0.481. The van der Waals surface area contributed by atoms with E-state index in [0.29, 0.717) is 0 Å². The van der Waals surface area contributed by atoms with Crippen LogP contribution in [-0.4, -0.2) is 19.0 Å². The van der Waals surface area contributed by atoms with E-state index in [1.165, 1.54) is 38.5 Å². The molecule has 0 aromatic rings. The van der Waals surface area contributed by atoms with Crippen molar-refractivity contribution in [1.29, 1.82) is 0 Å². The Morgan fingerprint density at radius 1 is 1.38 bits per heavy atom. The van der Waals surface area contributed by atoms with Gasteiger partial charge in [0.05, 0.1) is 0 Å². The summed E-state index contributed by atoms with van der Waals surface area (Å²) in [5.74, 6) is 7.08. The first-order valence-corrected chi connectivity index (χ1v) is 6.61. The highest BCUT2D eigenvalue weighted by Crippen LogP contribution is 2.28. The maximum atomic E-state index is 5.37. The summed E-state index contributed by atoms with van der Waals surface area (Å²) in [5, 5.41) is 3.24. The lowest BCUT2D eigenvalue weighted by atomic mass is 10.0. The second-order valence-electron chi connectivity index (χ2n) is 4.59. The fraction of sp³-hybridized carbons (Fsp3) is 0.917. The number of nitrogens with zero attached hydrogens (tertiary/aromatic N) is 1. The van der Waals surface area contributed by atoms with Gasteiger partial charge in [0.25, 0.3) is 0 Å². The minimum Gasteiger partial charge on any atom is -0.355 e. The van der Waals surface area contributed by atoms with Gasteiger partial charge in [0.15, 0.2) is 0 Å². The van der Waals surface area contributed by atoms with Crippen molar-refractivity contribution in [2.45, 2.75) is 51.9 Å². The summed E-state index contributed by atoms with van der Waals surface area (Å²) in [7, 11) is 0. The highest BCUT2D eigenvalue weighted by molar-refractivity contribution is 5.79. The van der Waals surface area contributed by atoms with Gasteiger partial charge in [-0.1, -0.05) is 32.6 Å². The van der Waals surface area contributed by atoms with Crippen LogP contribution in [0.1, 0.15) is 51.9 Å². The maximum Gasteiger partial charge on any atom is 0.205 e. The van der Waals surface area contributed by atoms with E-state index in [-0.39, 0.29) is 0 Å². The molecule has 16 heavy (non-hydrogen) atoms. The number of nitrogens with two attached hydrogens (primary N) is 1. The number of guanidine groups is 1. The van der Waals surface area contributed by atoms with Crippen molar-refractivity contribution in [2.24, 2.45) is 16.8 Å². The first-order chi connectivity index (χ1) is 7.86. The predicted octanol–water partition coefficient (Wildman–Crippen LogP) is 1.78. The molecule has 0 unspecified atom stereocenters. The third kappa shape index (κ3) is 5.35. The van der Waals surface area contributed by atoms with Crippen LogP contribution < -0.4 is 16.6 Å². The van der Waals surface area contributed by atoms with Gasteiger partial charge in [0.1, 0.15) is 0 Å². The van der Waals surface area contributed by atoms with E-state index in [9.17, 15) is 0 Å². The Labute approximate surface area is 99.1 Å². The first kappa shape index (κ1) is 13.3. The van der Waals surface area contributed by atoms with Crippen molar-refractivity contribution in [3.05, 3.63) is 0 Å². The second kappa shape index (κ2) is 8.39. The Morgan fingerprint density at radius 3 is 2.75 bits per heavy atom. The smallest absolute Gasteiger partial charge is 0.205 e. The molecule has 0 aromatic carbocycles. The molecule has 4 heteroatoms. The Balaban J connectivity index is 2.03. The lowest BCUT2D eigenvalue weighted by Crippen LogP contribution is -2.42. The number of hydrogen-bond acceptors (Lipinski definition) is 2. The van der Waals surface area contributed by atoms with Gasteiger partial charge in [-0.15, -0.1) is 0 Å². The van der Waals surface area contributed by atoms with Crippen LogP contribution >= 0.6 is 0 Å². The minimum atomic E-state index is 0.730. The van der Waals surface area contributed by atoms with Gasteiger partial charge in [-0.3, -0.25) is 10.4 Å². The van der Waals surface area contributed by atoms with E-state index in [0.717, 1.165) is 31.4 Å². The van der Waals surface area contributed by atoms with Gasteiger partial charge < -0.3 is 5.32 Å². The van der Waals surface area contributed by atoms with Gasteiger partial charge in [0.2, 0.25) is 5.96 Å². The van der Waals surface area contributed by atoms with E-state index in [2.05, 4.69) is 22.7 Å². The van der Waals surface area contributed by atoms with Crippen molar-refractivity contribution in [3.63, 3.8) is 0 Å². The molecule has 0 saturated heterocycles. The molecule has 1 rings (SSSR count). The Bertz CT molecular complexity index is 197.